The van der Waals surface area contributed by atoms with Crippen molar-refractivity contribution in [3.8, 4) is 22.9 Å². The number of esters is 1. The van der Waals surface area contributed by atoms with Crippen LogP contribution in [0.15, 0.2) is 47.1 Å². The third-order valence-corrected chi connectivity index (χ3v) is 6.56. The van der Waals surface area contributed by atoms with E-state index in [1.165, 1.54) is 11.8 Å². The number of aromatic nitrogens is 3. The fraction of sp³-hybridized carbons (Fsp3) is 0.345. The lowest BCUT2D eigenvalue weighted by Gasteiger charge is -2.23. The standard InChI is InChI=1S/C29H32N6O4/c1-8-10-15-34(9-2)19-11-13-22(18(3)16-19)31-28-25(30-4)24(29(36)39-7)27-32-26(33-35(27)28)21-17-20(37-5)12-14-23(21)38-6/h11-14,16-17H,8-10,15H2,1-3,5-7H3. The Balaban J connectivity index is 1.86. The lowest BCUT2D eigenvalue weighted by Crippen LogP contribution is -2.23. The van der Waals surface area contributed by atoms with Gasteiger partial charge in [-0.1, -0.05) is 13.3 Å². The molecule has 1 aliphatic heterocycles. The molecule has 0 spiro atoms. The van der Waals surface area contributed by atoms with Gasteiger partial charge in [0.1, 0.15) is 17.1 Å². The first-order valence-corrected chi connectivity index (χ1v) is 12.8. The average Bonchev–Trinajstić information content (AvgIpc) is 3.51. The van der Waals surface area contributed by atoms with Crippen LogP contribution in [0.25, 0.3) is 21.8 Å². The van der Waals surface area contributed by atoms with E-state index in [1.807, 2.05) is 19.1 Å². The summed E-state index contributed by atoms with van der Waals surface area (Å²) in [6.45, 7) is 16.0. The van der Waals surface area contributed by atoms with Gasteiger partial charge in [-0.05, 0) is 62.2 Å². The van der Waals surface area contributed by atoms with Crippen LogP contribution in [0.1, 0.15) is 38.1 Å². The van der Waals surface area contributed by atoms with Gasteiger partial charge in [-0.3, -0.25) is 0 Å². The van der Waals surface area contributed by atoms with E-state index in [4.69, 9.17) is 25.8 Å². The number of allylic oxidation sites excluding steroid dienone is 1. The minimum atomic E-state index is -0.689. The molecule has 202 valence electrons. The highest BCUT2D eigenvalue weighted by atomic mass is 16.5. The van der Waals surface area contributed by atoms with Crippen molar-refractivity contribution in [2.24, 2.45) is 4.99 Å². The zero-order valence-corrected chi connectivity index (χ0v) is 23.1. The maximum Gasteiger partial charge on any atom is 0.331 e. The molecule has 0 saturated heterocycles. The van der Waals surface area contributed by atoms with Crippen molar-refractivity contribution < 1.29 is 19.0 Å². The molecule has 0 fully saturated rings. The van der Waals surface area contributed by atoms with E-state index >= 15 is 0 Å². The Morgan fingerprint density at radius 2 is 1.92 bits per heavy atom. The largest absolute Gasteiger partial charge is 0.497 e. The van der Waals surface area contributed by atoms with Crippen LogP contribution in [-0.4, -0.2) is 61.0 Å². The van der Waals surface area contributed by atoms with Crippen molar-refractivity contribution in [1.82, 2.24) is 14.8 Å². The molecule has 1 aromatic heterocycles. The predicted octanol–water partition coefficient (Wildman–Crippen LogP) is 5.29. The molecule has 0 bridgehead atoms. The molecule has 0 radical (unpaired) electrons. The minimum absolute atomic E-state index is 0.0119. The highest BCUT2D eigenvalue weighted by molar-refractivity contribution is 6.29. The highest BCUT2D eigenvalue weighted by Gasteiger charge is 2.37. The molecular weight excluding hydrogens is 496 g/mol. The van der Waals surface area contributed by atoms with Crippen molar-refractivity contribution >= 4 is 28.8 Å². The van der Waals surface area contributed by atoms with E-state index < -0.39 is 5.97 Å². The number of ether oxygens (including phenoxy) is 3. The number of carbonyl (C=O) groups excluding carboxylic acids is 1. The molecule has 3 aromatic rings. The Labute approximate surface area is 228 Å². The van der Waals surface area contributed by atoms with Gasteiger partial charge in [-0.15, -0.1) is 5.10 Å². The molecule has 39 heavy (non-hydrogen) atoms. The number of nitrogens with zero attached hydrogens (tertiary/aromatic N) is 6. The minimum Gasteiger partial charge on any atom is -0.497 e. The van der Waals surface area contributed by atoms with E-state index in [-0.39, 0.29) is 22.9 Å². The molecule has 10 nitrogen and oxygen atoms in total. The Bertz CT molecular complexity index is 1500. The number of aryl methyl sites for hydroxylation is 1. The number of rotatable bonds is 10. The van der Waals surface area contributed by atoms with Crippen LogP contribution in [0.2, 0.25) is 0 Å². The molecule has 0 unspecified atom stereocenters. The molecular formula is C29H32N6O4. The van der Waals surface area contributed by atoms with Gasteiger partial charge in [0.05, 0.1) is 39.2 Å². The van der Waals surface area contributed by atoms with Crippen molar-refractivity contribution in [1.29, 1.82) is 0 Å². The van der Waals surface area contributed by atoms with E-state index in [0.717, 1.165) is 37.2 Å². The quantitative estimate of drug-likeness (QED) is 0.261. The van der Waals surface area contributed by atoms with Crippen LogP contribution < -0.4 is 14.4 Å². The fourth-order valence-corrected chi connectivity index (χ4v) is 4.43. The first kappa shape index (κ1) is 27.4. The Morgan fingerprint density at radius 1 is 1.13 bits per heavy atom. The van der Waals surface area contributed by atoms with Crippen molar-refractivity contribution in [2.75, 3.05) is 39.3 Å². The Morgan fingerprint density at radius 3 is 2.54 bits per heavy atom. The maximum atomic E-state index is 12.8. The summed E-state index contributed by atoms with van der Waals surface area (Å²) in [5, 5.41) is 4.65. The van der Waals surface area contributed by atoms with E-state index in [2.05, 4.69) is 39.7 Å². The zero-order chi connectivity index (χ0) is 28.1. The van der Waals surface area contributed by atoms with Gasteiger partial charge in [-0.25, -0.2) is 24.3 Å². The number of aliphatic imine (C=N–C) groups is 1. The molecule has 1 aliphatic rings. The lowest BCUT2D eigenvalue weighted by atomic mass is 10.1. The van der Waals surface area contributed by atoms with E-state index in [0.29, 0.717) is 28.6 Å². The summed E-state index contributed by atoms with van der Waals surface area (Å²) in [6, 6.07) is 11.3. The van der Waals surface area contributed by atoms with Gasteiger partial charge in [0, 0.05) is 18.8 Å². The normalized spacial score (nSPS) is 13.3. The smallest absolute Gasteiger partial charge is 0.331 e. The number of benzene rings is 2. The van der Waals surface area contributed by atoms with Crippen LogP contribution in [0.4, 0.5) is 11.4 Å². The third-order valence-electron chi connectivity index (χ3n) is 6.56. The summed E-state index contributed by atoms with van der Waals surface area (Å²) in [4.78, 5) is 28.2. The predicted molar refractivity (Wildman–Crippen MR) is 151 cm³/mol. The van der Waals surface area contributed by atoms with E-state index in [9.17, 15) is 4.79 Å². The Hall–Kier alpha value is -4.65. The van der Waals surface area contributed by atoms with Gasteiger partial charge in [0.25, 0.3) is 0 Å². The van der Waals surface area contributed by atoms with Gasteiger partial charge in [0.2, 0.25) is 5.70 Å². The second kappa shape index (κ2) is 11.8. The molecule has 0 atom stereocenters. The van der Waals surface area contributed by atoms with Crippen LogP contribution >= 0.6 is 0 Å². The second-order valence-electron chi connectivity index (χ2n) is 8.90. The van der Waals surface area contributed by atoms with Crippen LogP contribution in [0, 0.1) is 13.5 Å². The Kier molecular flexibility index (Phi) is 8.30. The zero-order valence-electron chi connectivity index (χ0n) is 23.1. The topological polar surface area (TPSA) is 95.4 Å². The number of hydrogen-bond donors (Lipinski definition) is 0. The van der Waals surface area contributed by atoms with Crippen molar-refractivity contribution in [3.63, 3.8) is 0 Å². The summed E-state index contributed by atoms with van der Waals surface area (Å²) in [7, 11) is 4.38. The van der Waals surface area contributed by atoms with Crippen LogP contribution in [-0.2, 0) is 9.53 Å². The molecule has 0 aliphatic carbocycles. The monoisotopic (exact) mass is 528 g/mol. The average molecular weight is 529 g/mol. The molecule has 0 N–H and O–H groups in total. The second-order valence-corrected chi connectivity index (χ2v) is 8.90. The fourth-order valence-electron chi connectivity index (χ4n) is 4.43. The number of carbonyl (C=O) groups is 1. The molecule has 2 aromatic carbocycles. The van der Waals surface area contributed by atoms with Gasteiger partial charge < -0.3 is 19.1 Å². The summed E-state index contributed by atoms with van der Waals surface area (Å²) in [5.41, 5.74) is 3.32. The molecule has 0 amide bonds. The highest BCUT2D eigenvalue weighted by Crippen LogP contribution is 2.36. The molecule has 4 rings (SSSR count). The van der Waals surface area contributed by atoms with Gasteiger partial charge >= 0.3 is 5.97 Å². The SMILES string of the molecule is [C-]#[N+]C1=C(C(=O)OC)c2nc(-c3cc(OC)ccc3OC)nn2C1=Nc1ccc(N(CC)CCCC)cc1C. The summed E-state index contributed by atoms with van der Waals surface area (Å²) in [6.07, 6.45) is 2.24. The number of unbranched alkanes of at least 4 members (excludes halogenated alkanes) is 1. The summed E-state index contributed by atoms with van der Waals surface area (Å²) < 4.78 is 17.3. The number of anilines is 1. The molecule has 2 heterocycles. The first-order chi connectivity index (χ1) is 18.9. The third kappa shape index (κ3) is 5.21. The summed E-state index contributed by atoms with van der Waals surface area (Å²) in [5.74, 6) is 1.11. The first-order valence-electron chi connectivity index (χ1n) is 12.8. The van der Waals surface area contributed by atoms with E-state index in [1.54, 1.807) is 32.4 Å². The molecule has 0 saturated carbocycles. The lowest BCUT2D eigenvalue weighted by molar-refractivity contribution is -0.133. The molecule has 10 heteroatoms. The number of hydrogen-bond acceptors (Lipinski definition) is 8. The van der Waals surface area contributed by atoms with Crippen molar-refractivity contribution in [3.05, 3.63) is 64.9 Å². The summed E-state index contributed by atoms with van der Waals surface area (Å²) >= 11 is 0. The van der Waals surface area contributed by atoms with Gasteiger partial charge in [0.15, 0.2) is 17.5 Å². The van der Waals surface area contributed by atoms with Crippen LogP contribution in [0.5, 0.6) is 11.5 Å². The van der Waals surface area contributed by atoms with Crippen LogP contribution in [0.3, 0.4) is 0 Å². The number of fused-ring (bicyclic) bond motifs is 1. The van der Waals surface area contributed by atoms with Gasteiger partial charge in [-0.2, -0.15) is 0 Å². The number of methoxy groups -OCH3 is 3. The van der Waals surface area contributed by atoms with Crippen molar-refractivity contribution in [2.45, 2.75) is 33.6 Å². The maximum absolute atomic E-state index is 12.8.